The average Bonchev–Trinajstić information content (AvgIpc) is 3.43. The van der Waals surface area contributed by atoms with Gasteiger partial charge in [-0.3, -0.25) is 39.2 Å². The summed E-state index contributed by atoms with van der Waals surface area (Å²) >= 11 is 0. The second-order valence-electron chi connectivity index (χ2n) is 16.1. The molecule has 16 heteroatoms. The smallest absolute Gasteiger partial charge is 0.264 e. The van der Waals surface area contributed by atoms with E-state index in [4.69, 9.17) is 0 Å². The number of halogens is 2. The van der Waals surface area contributed by atoms with Crippen molar-refractivity contribution in [3.8, 4) is 17.0 Å². The van der Waals surface area contributed by atoms with E-state index in [2.05, 4.69) is 35.5 Å². The largest absolute Gasteiger partial charge is 0.507 e. The van der Waals surface area contributed by atoms with Gasteiger partial charge in [0.2, 0.25) is 11.8 Å². The third kappa shape index (κ3) is 6.71. The van der Waals surface area contributed by atoms with E-state index in [-0.39, 0.29) is 48.2 Å². The molecule has 0 radical (unpaired) electrons. The summed E-state index contributed by atoms with van der Waals surface area (Å²) in [4.78, 5) is 60.0. The summed E-state index contributed by atoms with van der Waals surface area (Å²) in [5.74, 6) is -4.53. The molecule has 3 atom stereocenters. The Morgan fingerprint density at radius 2 is 1.62 bits per heavy atom. The standard InChI is InChI=1S/C40H45F2N9O5/c41-40(42)23-48(12-11-25(40)21-47-15-16-50-27(22-47)19-43-36-33(50)18-31(45-46-36)29-3-1-2-4-34(29)52)20-24-9-13-49(14-10-24)26-5-6-28-30(17-26)39(56)51(38(28)55)32-7-8-35(53)44-37(32)54/h1-6,17-18,24-25,27,32,52H,7-16,19-23H2,(H,43,46)(H,44,53,54)/t25?,27-,32?/m0/s1. The van der Waals surface area contributed by atoms with E-state index in [9.17, 15) is 24.3 Å². The lowest BCUT2D eigenvalue weighted by atomic mass is 9.89. The maximum atomic E-state index is 15.8. The summed E-state index contributed by atoms with van der Waals surface area (Å²) in [6.45, 7) is 5.44. The Morgan fingerprint density at radius 1 is 0.821 bits per heavy atom. The van der Waals surface area contributed by atoms with Crippen LogP contribution in [-0.2, 0) is 9.59 Å². The highest BCUT2D eigenvalue weighted by molar-refractivity contribution is 6.23. The van der Waals surface area contributed by atoms with Crippen LogP contribution in [0.2, 0.25) is 0 Å². The molecule has 3 aromatic rings. The second-order valence-corrected chi connectivity index (χ2v) is 16.1. The van der Waals surface area contributed by atoms with E-state index in [0.717, 1.165) is 29.1 Å². The van der Waals surface area contributed by atoms with Gasteiger partial charge in [-0.2, -0.15) is 0 Å². The molecule has 2 unspecified atom stereocenters. The summed E-state index contributed by atoms with van der Waals surface area (Å²) in [5, 5.41) is 24.7. The zero-order chi connectivity index (χ0) is 38.7. The topological polar surface area (TPSA) is 155 Å². The first-order valence-corrected chi connectivity index (χ1v) is 19.6. The Labute approximate surface area is 322 Å². The number of hydrogen-bond donors (Lipinski definition) is 3. The number of alkyl halides is 2. The molecule has 3 N–H and O–H groups in total. The average molecular weight is 770 g/mol. The summed E-state index contributed by atoms with van der Waals surface area (Å²) in [7, 11) is 0. The number of anilines is 3. The molecule has 6 aliphatic rings. The lowest BCUT2D eigenvalue weighted by Crippen LogP contribution is -2.60. The number of hydrogen-bond acceptors (Lipinski definition) is 12. The van der Waals surface area contributed by atoms with Crippen LogP contribution in [0.5, 0.6) is 5.75 Å². The number of nitrogens with one attached hydrogen (secondary N) is 2. The second kappa shape index (κ2) is 14.4. The van der Waals surface area contributed by atoms with Crippen molar-refractivity contribution >= 4 is 40.8 Å². The molecule has 56 heavy (non-hydrogen) atoms. The Kier molecular flexibility index (Phi) is 9.35. The van der Waals surface area contributed by atoms with Crippen LogP contribution in [-0.4, -0.2) is 137 Å². The molecular weight excluding hydrogens is 724 g/mol. The Balaban J connectivity index is 0.760. The fourth-order valence-corrected chi connectivity index (χ4v) is 9.48. The van der Waals surface area contributed by atoms with Gasteiger partial charge in [0, 0.05) is 75.9 Å². The number of likely N-dealkylation sites (tertiary alicyclic amines) is 1. The molecule has 0 spiro atoms. The predicted octanol–water partition coefficient (Wildman–Crippen LogP) is 3.04. The van der Waals surface area contributed by atoms with E-state index < -0.39 is 41.5 Å². The van der Waals surface area contributed by atoms with Crippen LogP contribution in [0.25, 0.3) is 11.3 Å². The number of piperidine rings is 3. The number of nitrogens with zero attached hydrogens (tertiary/aromatic N) is 7. The minimum Gasteiger partial charge on any atom is -0.507 e. The monoisotopic (exact) mass is 769 g/mol. The SMILES string of the molecule is O=C1CCC(N2C(=O)c3ccc(N4CCC(CN5CCC(CN6CCN7c8cc(-c9ccccc9O)nnc8NC[C@H]7C6)C(F)(F)C5)CC4)cc3C2=O)C(=O)N1. The summed E-state index contributed by atoms with van der Waals surface area (Å²) in [6, 6.07) is 13.2. The molecule has 4 fully saturated rings. The van der Waals surface area contributed by atoms with Gasteiger partial charge in [0.05, 0.1) is 35.1 Å². The number of carbonyl (C=O) groups excluding carboxylic acids is 4. The quantitative estimate of drug-likeness (QED) is 0.303. The van der Waals surface area contributed by atoms with Crippen LogP contribution in [0, 0.1) is 11.8 Å². The number of imide groups is 2. The highest BCUT2D eigenvalue weighted by atomic mass is 19.3. The van der Waals surface area contributed by atoms with Crippen LogP contribution in [0.1, 0.15) is 52.8 Å². The fraction of sp³-hybridized carbons (Fsp3) is 0.500. The number of piperazine rings is 1. The van der Waals surface area contributed by atoms with Crippen LogP contribution in [0.3, 0.4) is 0 Å². The predicted molar refractivity (Wildman–Crippen MR) is 203 cm³/mol. The Morgan fingerprint density at radius 3 is 2.41 bits per heavy atom. The third-order valence-corrected chi connectivity index (χ3v) is 12.6. The molecule has 4 saturated heterocycles. The number of carbonyl (C=O) groups is 4. The maximum Gasteiger partial charge on any atom is 0.264 e. The molecule has 2 aromatic carbocycles. The van der Waals surface area contributed by atoms with Gasteiger partial charge in [-0.15, -0.1) is 10.2 Å². The molecule has 4 amide bonds. The third-order valence-electron chi connectivity index (χ3n) is 12.6. The number of benzene rings is 2. The summed E-state index contributed by atoms with van der Waals surface area (Å²) in [6.07, 6.45) is 2.25. The lowest BCUT2D eigenvalue weighted by molar-refractivity contribution is -0.136. The Bertz CT molecular complexity index is 2080. The van der Waals surface area contributed by atoms with Gasteiger partial charge in [0.15, 0.2) is 5.82 Å². The zero-order valence-corrected chi connectivity index (χ0v) is 31.0. The number of fused-ring (bicyclic) bond motifs is 4. The van der Waals surface area contributed by atoms with Crippen molar-refractivity contribution < 1.29 is 33.1 Å². The van der Waals surface area contributed by atoms with Crippen LogP contribution < -0.4 is 20.4 Å². The molecule has 0 aliphatic carbocycles. The molecule has 6 aliphatic heterocycles. The summed E-state index contributed by atoms with van der Waals surface area (Å²) in [5.41, 5.74) is 3.41. The first kappa shape index (κ1) is 36.4. The number of amides is 4. The molecule has 294 valence electrons. The number of rotatable bonds is 7. The molecule has 0 bridgehead atoms. The van der Waals surface area contributed by atoms with Crippen molar-refractivity contribution in [3.05, 3.63) is 59.7 Å². The first-order valence-electron chi connectivity index (χ1n) is 19.6. The van der Waals surface area contributed by atoms with Gasteiger partial charge in [0.25, 0.3) is 17.7 Å². The van der Waals surface area contributed by atoms with Crippen molar-refractivity contribution in [1.29, 1.82) is 0 Å². The van der Waals surface area contributed by atoms with E-state index in [0.29, 0.717) is 82.4 Å². The number of para-hydroxylation sites is 1. The Hall–Kier alpha value is -5.22. The van der Waals surface area contributed by atoms with E-state index in [1.54, 1.807) is 30.3 Å². The van der Waals surface area contributed by atoms with Crippen LogP contribution >= 0.6 is 0 Å². The van der Waals surface area contributed by atoms with Gasteiger partial charge in [-0.1, -0.05) is 12.1 Å². The normalized spacial score (nSPS) is 25.8. The van der Waals surface area contributed by atoms with Gasteiger partial charge in [-0.25, -0.2) is 8.78 Å². The molecule has 0 saturated carbocycles. The van der Waals surface area contributed by atoms with E-state index >= 15 is 8.78 Å². The lowest BCUT2D eigenvalue weighted by Gasteiger charge is -2.48. The molecular formula is C40H45F2N9O5. The fourth-order valence-electron chi connectivity index (χ4n) is 9.48. The van der Waals surface area contributed by atoms with Gasteiger partial charge in [-0.05, 0) is 74.5 Å². The van der Waals surface area contributed by atoms with Crippen molar-refractivity contribution in [2.45, 2.75) is 50.1 Å². The minimum atomic E-state index is -2.80. The van der Waals surface area contributed by atoms with Crippen LogP contribution in [0.15, 0.2) is 48.5 Å². The minimum absolute atomic E-state index is 0.0639. The van der Waals surface area contributed by atoms with Crippen molar-refractivity contribution in [3.63, 3.8) is 0 Å². The van der Waals surface area contributed by atoms with Gasteiger partial charge in [0.1, 0.15) is 11.8 Å². The van der Waals surface area contributed by atoms with Crippen molar-refractivity contribution in [2.24, 2.45) is 11.8 Å². The molecule has 1 aromatic heterocycles. The number of phenolic OH excluding ortho intramolecular Hbond substituents is 1. The van der Waals surface area contributed by atoms with E-state index in [1.165, 1.54) is 0 Å². The molecule has 14 nitrogen and oxygen atoms in total. The first-order chi connectivity index (χ1) is 27.0. The summed E-state index contributed by atoms with van der Waals surface area (Å²) < 4.78 is 31.6. The van der Waals surface area contributed by atoms with Crippen LogP contribution in [0.4, 0.5) is 26.0 Å². The van der Waals surface area contributed by atoms with Gasteiger partial charge < -0.3 is 20.2 Å². The van der Waals surface area contributed by atoms with E-state index in [1.807, 2.05) is 23.1 Å². The number of phenols is 1. The maximum absolute atomic E-state index is 15.8. The zero-order valence-electron chi connectivity index (χ0n) is 31.0. The highest BCUT2D eigenvalue weighted by Crippen LogP contribution is 2.39. The molecule has 9 rings (SSSR count). The highest BCUT2D eigenvalue weighted by Gasteiger charge is 2.47. The van der Waals surface area contributed by atoms with Gasteiger partial charge >= 0.3 is 0 Å². The van der Waals surface area contributed by atoms with Crippen molar-refractivity contribution in [1.82, 2.24) is 30.2 Å². The number of aromatic nitrogens is 2. The van der Waals surface area contributed by atoms with Crippen molar-refractivity contribution in [2.75, 3.05) is 80.6 Å². The molecule has 7 heterocycles. The number of aromatic hydroxyl groups is 1.